The van der Waals surface area contributed by atoms with Crippen LogP contribution in [-0.4, -0.2) is 9.55 Å². The second kappa shape index (κ2) is 2.93. The molecule has 0 unspecified atom stereocenters. The second-order valence-electron chi connectivity index (χ2n) is 2.98. The van der Waals surface area contributed by atoms with Crippen LogP contribution in [0.5, 0.6) is 0 Å². The Morgan fingerprint density at radius 3 is 2.23 bits per heavy atom. The molecule has 0 saturated carbocycles. The maximum Gasteiger partial charge on any atom is 0.434 e. The van der Waals surface area contributed by atoms with E-state index in [2.05, 4.69) is 4.98 Å². The Kier molecular flexibility index (Phi) is 2.23. The van der Waals surface area contributed by atoms with Gasteiger partial charge in [0, 0.05) is 12.2 Å². The third-order valence-corrected chi connectivity index (χ3v) is 1.61. The van der Waals surface area contributed by atoms with E-state index in [1.807, 2.05) is 0 Å². The summed E-state index contributed by atoms with van der Waals surface area (Å²) in [5.74, 6) is -0.109. The Labute approximate surface area is 73.4 Å². The fourth-order valence-corrected chi connectivity index (χ4v) is 0.958. The highest BCUT2D eigenvalue weighted by atomic mass is 19.4. The van der Waals surface area contributed by atoms with Crippen molar-refractivity contribution in [2.75, 3.05) is 5.73 Å². The van der Waals surface area contributed by atoms with E-state index in [-0.39, 0.29) is 12.0 Å². The van der Waals surface area contributed by atoms with Crippen LogP contribution in [0.3, 0.4) is 0 Å². The van der Waals surface area contributed by atoms with Gasteiger partial charge in [-0.25, -0.2) is 4.98 Å². The van der Waals surface area contributed by atoms with Crippen molar-refractivity contribution >= 4 is 5.95 Å². The Morgan fingerprint density at radius 2 is 2.00 bits per heavy atom. The van der Waals surface area contributed by atoms with Crippen LogP contribution in [0, 0.1) is 0 Å². The van der Waals surface area contributed by atoms with E-state index >= 15 is 0 Å². The number of halogens is 3. The SMILES string of the molecule is CC(C)n1cc(C(F)(F)F)nc1N. The minimum absolute atomic E-state index is 0.109. The number of alkyl halides is 3. The number of imidazole rings is 1. The molecule has 0 amide bonds. The average molecular weight is 193 g/mol. The van der Waals surface area contributed by atoms with Crippen molar-refractivity contribution in [3.05, 3.63) is 11.9 Å². The molecule has 1 aromatic heterocycles. The fourth-order valence-electron chi connectivity index (χ4n) is 0.958. The molecule has 0 bridgehead atoms. The summed E-state index contributed by atoms with van der Waals surface area (Å²) in [7, 11) is 0. The van der Waals surface area contributed by atoms with E-state index in [4.69, 9.17) is 5.73 Å². The third-order valence-electron chi connectivity index (χ3n) is 1.61. The van der Waals surface area contributed by atoms with Gasteiger partial charge in [-0.1, -0.05) is 0 Å². The highest BCUT2D eigenvalue weighted by Gasteiger charge is 2.34. The Hall–Kier alpha value is -1.20. The molecule has 0 fully saturated rings. The minimum Gasteiger partial charge on any atom is -0.369 e. The van der Waals surface area contributed by atoms with Crippen LogP contribution >= 0.6 is 0 Å². The first-order valence-electron chi connectivity index (χ1n) is 3.74. The molecule has 1 aromatic rings. The molecule has 3 nitrogen and oxygen atoms in total. The molecule has 0 aliphatic carbocycles. The normalized spacial score (nSPS) is 12.5. The van der Waals surface area contributed by atoms with Crippen LogP contribution in [0.2, 0.25) is 0 Å². The number of aromatic nitrogens is 2. The number of rotatable bonds is 1. The van der Waals surface area contributed by atoms with Crippen LogP contribution in [0.4, 0.5) is 19.1 Å². The summed E-state index contributed by atoms with van der Waals surface area (Å²) in [6.07, 6.45) is -3.51. The van der Waals surface area contributed by atoms with Gasteiger partial charge in [0.25, 0.3) is 0 Å². The Balaban J connectivity index is 3.10. The van der Waals surface area contributed by atoms with Gasteiger partial charge < -0.3 is 10.3 Å². The van der Waals surface area contributed by atoms with Gasteiger partial charge in [-0.15, -0.1) is 0 Å². The summed E-state index contributed by atoms with van der Waals surface area (Å²) in [5.41, 5.74) is 4.35. The lowest BCUT2D eigenvalue weighted by molar-refractivity contribution is -0.140. The molecule has 0 aliphatic rings. The predicted molar refractivity (Wildman–Crippen MR) is 42.0 cm³/mol. The van der Waals surface area contributed by atoms with Gasteiger partial charge >= 0.3 is 6.18 Å². The van der Waals surface area contributed by atoms with Crippen molar-refractivity contribution in [1.29, 1.82) is 0 Å². The van der Waals surface area contributed by atoms with Gasteiger partial charge in [0.1, 0.15) is 0 Å². The zero-order valence-electron chi connectivity index (χ0n) is 7.26. The number of hydrogen-bond donors (Lipinski definition) is 1. The van der Waals surface area contributed by atoms with Crippen LogP contribution in [0.25, 0.3) is 0 Å². The molecular formula is C7H10F3N3. The molecule has 6 heteroatoms. The number of anilines is 1. The van der Waals surface area contributed by atoms with Gasteiger partial charge in [-0.2, -0.15) is 13.2 Å². The summed E-state index contributed by atoms with van der Waals surface area (Å²) < 4.78 is 37.6. The van der Waals surface area contributed by atoms with Crippen LogP contribution in [-0.2, 0) is 6.18 Å². The van der Waals surface area contributed by atoms with Crippen LogP contribution in [0.1, 0.15) is 25.6 Å². The third kappa shape index (κ3) is 1.93. The predicted octanol–water partition coefficient (Wildman–Crippen LogP) is 2.06. The van der Waals surface area contributed by atoms with Gasteiger partial charge in [0.2, 0.25) is 5.95 Å². The topological polar surface area (TPSA) is 43.8 Å². The number of nitrogen functional groups attached to an aromatic ring is 1. The van der Waals surface area contributed by atoms with Crippen molar-refractivity contribution in [1.82, 2.24) is 9.55 Å². The summed E-state index contributed by atoms with van der Waals surface area (Å²) in [6.45, 7) is 3.47. The summed E-state index contributed by atoms with van der Waals surface area (Å²) in [4.78, 5) is 3.22. The molecule has 0 spiro atoms. The van der Waals surface area contributed by atoms with Crippen molar-refractivity contribution in [2.45, 2.75) is 26.1 Å². The first kappa shape index (κ1) is 9.88. The Morgan fingerprint density at radius 1 is 1.46 bits per heavy atom. The maximum absolute atomic E-state index is 12.1. The van der Waals surface area contributed by atoms with E-state index in [1.165, 1.54) is 4.57 Å². The highest BCUT2D eigenvalue weighted by Crippen LogP contribution is 2.29. The first-order chi connectivity index (χ1) is 5.82. The second-order valence-corrected chi connectivity index (χ2v) is 2.98. The smallest absolute Gasteiger partial charge is 0.369 e. The van der Waals surface area contributed by atoms with Crippen molar-refractivity contribution in [3.63, 3.8) is 0 Å². The summed E-state index contributed by atoms with van der Waals surface area (Å²) >= 11 is 0. The average Bonchev–Trinajstić information content (AvgIpc) is 2.29. The van der Waals surface area contributed by atoms with Crippen LogP contribution < -0.4 is 5.73 Å². The highest BCUT2D eigenvalue weighted by molar-refractivity contribution is 5.24. The zero-order chi connectivity index (χ0) is 10.2. The summed E-state index contributed by atoms with van der Waals surface area (Å²) in [5, 5.41) is 0. The van der Waals surface area contributed by atoms with Gasteiger partial charge in [-0.3, -0.25) is 0 Å². The molecule has 0 radical (unpaired) electrons. The molecule has 13 heavy (non-hydrogen) atoms. The Bertz CT molecular complexity index is 300. The fraction of sp³-hybridized carbons (Fsp3) is 0.571. The molecular weight excluding hydrogens is 183 g/mol. The zero-order valence-corrected chi connectivity index (χ0v) is 7.26. The van der Waals surface area contributed by atoms with E-state index in [1.54, 1.807) is 13.8 Å². The van der Waals surface area contributed by atoms with Crippen LogP contribution in [0.15, 0.2) is 6.20 Å². The largest absolute Gasteiger partial charge is 0.434 e. The minimum atomic E-state index is -4.42. The number of nitrogens with two attached hydrogens (primary N) is 1. The van der Waals surface area contributed by atoms with Crippen molar-refractivity contribution in [2.24, 2.45) is 0 Å². The quantitative estimate of drug-likeness (QED) is 0.741. The van der Waals surface area contributed by atoms with Gasteiger partial charge in [0.05, 0.1) is 0 Å². The molecule has 0 saturated heterocycles. The monoisotopic (exact) mass is 193 g/mol. The first-order valence-corrected chi connectivity index (χ1v) is 3.74. The molecule has 2 N–H and O–H groups in total. The number of hydrogen-bond acceptors (Lipinski definition) is 2. The van der Waals surface area contributed by atoms with E-state index in [0.717, 1.165) is 6.20 Å². The van der Waals surface area contributed by atoms with Crippen molar-refractivity contribution < 1.29 is 13.2 Å². The molecule has 0 aliphatic heterocycles. The molecule has 1 rings (SSSR count). The summed E-state index contributed by atoms with van der Waals surface area (Å²) in [6, 6.07) is -0.122. The van der Waals surface area contributed by atoms with Gasteiger partial charge in [-0.05, 0) is 13.8 Å². The maximum atomic E-state index is 12.1. The standard InChI is InChI=1S/C7H10F3N3/c1-4(2)13-3-5(7(8,9)10)12-6(13)11/h3-4H,1-2H3,(H2,11,12). The van der Waals surface area contributed by atoms with E-state index in [0.29, 0.717) is 0 Å². The van der Waals surface area contributed by atoms with E-state index < -0.39 is 11.9 Å². The number of nitrogens with zero attached hydrogens (tertiary/aromatic N) is 2. The molecule has 0 aromatic carbocycles. The van der Waals surface area contributed by atoms with Gasteiger partial charge in [0.15, 0.2) is 5.69 Å². The lowest BCUT2D eigenvalue weighted by Gasteiger charge is -2.06. The molecule has 74 valence electrons. The molecule has 0 atom stereocenters. The van der Waals surface area contributed by atoms with E-state index in [9.17, 15) is 13.2 Å². The molecule has 1 heterocycles. The lowest BCUT2D eigenvalue weighted by atomic mass is 10.4. The lowest BCUT2D eigenvalue weighted by Crippen LogP contribution is -2.05. The van der Waals surface area contributed by atoms with Crippen molar-refractivity contribution in [3.8, 4) is 0 Å².